The van der Waals surface area contributed by atoms with Crippen molar-refractivity contribution in [2.24, 2.45) is 0 Å². The maximum atomic E-state index is 11.8. The monoisotopic (exact) mass is 236 g/mol. The number of nitrogens with zero attached hydrogens (tertiary/aromatic N) is 1. The lowest BCUT2D eigenvalue weighted by Gasteiger charge is -2.17. The summed E-state index contributed by atoms with van der Waals surface area (Å²) in [5.74, 6) is 1.09. The van der Waals surface area contributed by atoms with E-state index in [9.17, 15) is 4.79 Å². The van der Waals surface area contributed by atoms with Crippen LogP contribution in [0.25, 0.3) is 0 Å². The third-order valence-corrected chi connectivity index (χ3v) is 3.85. The molecule has 1 aliphatic heterocycles. The Morgan fingerprint density at radius 2 is 2.06 bits per heavy atom. The Kier molecular flexibility index (Phi) is 3.51. The van der Waals surface area contributed by atoms with Crippen LogP contribution in [0.2, 0.25) is 0 Å². The lowest BCUT2D eigenvalue weighted by atomic mass is 10.1. The standard InChI is InChI=1S/C12H16N2OS/c1-14(2)12(15)11-13-10(8-16-11)9-6-4-3-5-7-9/h3-7,10-11,13H,8H2,1-2H3. The normalized spacial score (nSPS) is 24.4. The summed E-state index contributed by atoms with van der Waals surface area (Å²) in [5, 5.41) is 3.26. The van der Waals surface area contributed by atoms with E-state index in [-0.39, 0.29) is 11.3 Å². The Morgan fingerprint density at radius 3 is 2.69 bits per heavy atom. The average molecular weight is 236 g/mol. The van der Waals surface area contributed by atoms with Gasteiger partial charge >= 0.3 is 0 Å². The fraction of sp³-hybridized carbons (Fsp3) is 0.417. The molecule has 1 fully saturated rings. The Hall–Kier alpha value is -1.00. The molecular formula is C12H16N2OS. The van der Waals surface area contributed by atoms with Crippen molar-refractivity contribution in [2.75, 3.05) is 19.8 Å². The van der Waals surface area contributed by atoms with Gasteiger partial charge in [-0.1, -0.05) is 30.3 Å². The minimum absolute atomic E-state index is 0.0970. The minimum atomic E-state index is -0.0970. The first kappa shape index (κ1) is 11.5. The van der Waals surface area contributed by atoms with Crippen molar-refractivity contribution in [3.05, 3.63) is 35.9 Å². The van der Waals surface area contributed by atoms with E-state index in [2.05, 4.69) is 17.4 Å². The highest BCUT2D eigenvalue weighted by molar-refractivity contribution is 8.00. The van der Waals surface area contributed by atoms with E-state index in [0.29, 0.717) is 6.04 Å². The van der Waals surface area contributed by atoms with Gasteiger partial charge < -0.3 is 4.90 Å². The molecule has 16 heavy (non-hydrogen) atoms. The van der Waals surface area contributed by atoms with Crippen LogP contribution >= 0.6 is 11.8 Å². The zero-order chi connectivity index (χ0) is 11.5. The number of nitrogens with one attached hydrogen (secondary N) is 1. The summed E-state index contributed by atoms with van der Waals surface area (Å²) in [4.78, 5) is 13.4. The largest absolute Gasteiger partial charge is 0.347 e. The number of likely N-dealkylation sites (N-methyl/N-ethyl adjacent to an activating group) is 1. The molecule has 0 radical (unpaired) electrons. The van der Waals surface area contributed by atoms with Crippen molar-refractivity contribution < 1.29 is 4.79 Å². The van der Waals surface area contributed by atoms with Gasteiger partial charge in [0.1, 0.15) is 5.37 Å². The fourth-order valence-corrected chi connectivity index (χ4v) is 3.01. The summed E-state index contributed by atoms with van der Waals surface area (Å²) in [6, 6.07) is 10.6. The summed E-state index contributed by atoms with van der Waals surface area (Å²) in [7, 11) is 3.58. The van der Waals surface area contributed by atoms with E-state index in [1.165, 1.54) is 5.56 Å². The molecule has 1 N–H and O–H groups in total. The number of thioether (sulfide) groups is 1. The maximum absolute atomic E-state index is 11.8. The summed E-state index contributed by atoms with van der Waals surface area (Å²) in [6.07, 6.45) is 0. The molecule has 2 rings (SSSR count). The molecule has 1 heterocycles. The van der Waals surface area contributed by atoms with Gasteiger partial charge in [0.05, 0.1) is 0 Å². The second-order valence-corrected chi connectivity index (χ2v) is 5.21. The van der Waals surface area contributed by atoms with Gasteiger partial charge in [-0.05, 0) is 5.56 Å². The van der Waals surface area contributed by atoms with Crippen LogP contribution in [-0.2, 0) is 4.79 Å². The van der Waals surface area contributed by atoms with Crippen molar-refractivity contribution in [3.63, 3.8) is 0 Å². The molecule has 0 bridgehead atoms. The third kappa shape index (κ3) is 2.39. The Balaban J connectivity index is 2.01. The Labute approximate surface area is 100 Å². The van der Waals surface area contributed by atoms with E-state index in [4.69, 9.17) is 0 Å². The van der Waals surface area contributed by atoms with E-state index in [1.54, 1.807) is 30.8 Å². The lowest BCUT2D eigenvalue weighted by molar-refractivity contribution is -0.128. The molecule has 4 heteroatoms. The van der Waals surface area contributed by atoms with Gasteiger partial charge in [0.15, 0.2) is 0 Å². The van der Waals surface area contributed by atoms with E-state index >= 15 is 0 Å². The van der Waals surface area contributed by atoms with Crippen LogP contribution < -0.4 is 5.32 Å². The van der Waals surface area contributed by atoms with Crippen molar-refractivity contribution in [1.82, 2.24) is 10.2 Å². The highest BCUT2D eigenvalue weighted by Gasteiger charge is 2.31. The summed E-state index contributed by atoms with van der Waals surface area (Å²) in [6.45, 7) is 0. The highest BCUT2D eigenvalue weighted by Crippen LogP contribution is 2.29. The van der Waals surface area contributed by atoms with Crippen LogP contribution in [0.4, 0.5) is 0 Å². The molecule has 1 aliphatic rings. The molecule has 2 atom stereocenters. The first-order valence-electron chi connectivity index (χ1n) is 5.32. The van der Waals surface area contributed by atoms with Gasteiger partial charge in [-0.3, -0.25) is 10.1 Å². The van der Waals surface area contributed by atoms with Gasteiger partial charge in [0, 0.05) is 25.9 Å². The van der Waals surface area contributed by atoms with Crippen LogP contribution in [0, 0.1) is 0 Å². The predicted molar refractivity (Wildman–Crippen MR) is 67.3 cm³/mol. The molecule has 0 spiro atoms. The van der Waals surface area contributed by atoms with Crippen LogP contribution in [0.3, 0.4) is 0 Å². The second kappa shape index (κ2) is 4.89. The van der Waals surface area contributed by atoms with Crippen molar-refractivity contribution >= 4 is 17.7 Å². The third-order valence-electron chi connectivity index (χ3n) is 2.65. The molecule has 1 amide bonds. The van der Waals surface area contributed by atoms with Crippen molar-refractivity contribution in [3.8, 4) is 0 Å². The number of rotatable bonds is 2. The first-order valence-corrected chi connectivity index (χ1v) is 6.37. The second-order valence-electron chi connectivity index (χ2n) is 4.08. The van der Waals surface area contributed by atoms with Crippen LogP contribution in [0.1, 0.15) is 11.6 Å². The fourth-order valence-electron chi connectivity index (χ4n) is 1.73. The molecular weight excluding hydrogens is 220 g/mol. The number of carbonyl (C=O) groups is 1. The first-order chi connectivity index (χ1) is 7.68. The SMILES string of the molecule is CN(C)C(=O)C1NC(c2ccccc2)CS1. The molecule has 2 unspecified atom stereocenters. The number of amides is 1. The molecule has 3 nitrogen and oxygen atoms in total. The van der Waals surface area contributed by atoms with Crippen molar-refractivity contribution in [1.29, 1.82) is 0 Å². The summed E-state index contributed by atoms with van der Waals surface area (Å²) >= 11 is 1.68. The lowest BCUT2D eigenvalue weighted by Crippen LogP contribution is -2.38. The van der Waals surface area contributed by atoms with Crippen LogP contribution in [0.5, 0.6) is 0 Å². The maximum Gasteiger partial charge on any atom is 0.249 e. The molecule has 0 aliphatic carbocycles. The molecule has 1 aromatic carbocycles. The minimum Gasteiger partial charge on any atom is -0.347 e. The Bertz CT molecular complexity index is 367. The molecule has 0 aromatic heterocycles. The highest BCUT2D eigenvalue weighted by atomic mass is 32.2. The summed E-state index contributed by atoms with van der Waals surface area (Å²) < 4.78 is 0. The van der Waals surface area contributed by atoms with Crippen LogP contribution in [0.15, 0.2) is 30.3 Å². The molecule has 86 valence electrons. The van der Waals surface area contributed by atoms with Crippen LogP contribution in [-0.4, -0.2) is 36.0 Å². The van der Waals surface area contributed by atoms with E-state index in [1.807, 2.05) is 18.2 Å². The van der Waals surface area contributed by atoms with E-state index in [0.717, 1.165) is 5.75 Å². The number of carbonyl (C=O) groups excluding carboxylic acids is 1. The number of hydrogen-bond acceptors (Lipinski definition) is 3. The van der Waals surface area contributed by atoms with E-state index < -0.39 is 0 Å². The molecule has 1 aromatic rings. The average Bonchev–Trinajstić information content (AvgIpc) is 2.78. The number of hydrogen-bond donors (Lipinski definition) is 1. The van der Waals surface area contributed by atoms with Gasteiger partial charge in [-0.25, -0.2) is 0 Å². The summed E-state index contributed by atoms with van der Waals surface area (Å²) in [5.41, 5.74) is 1.25. The molecule has 0 saturated carbocycles. The predicted octanol–water partition coefficient (Wildman–Crippen LogP) is 1.48. The quantitative estimate of drug-likeness (QED) is 0.844. The van der Waals surface area contributed by atoms with Gasteiger partial charge in [0.25, 0.3) is 0 Å². The zero-order valence-corrected chi connectivity index (χ0v) is 10.3. The van der Waals surface area contributed by atoms with Gasteiger partial charge in [0.2, 0.25) is 5.91 Å². The Morgan fingerprint density at radius 1 is 1.38 bits per heavy atom. The number of benzene rings is 1. The zero-order valence-electron chi connectivity index (χ0n) is 9.51. The van der Waals surface area contributed by atoms with Gasteiger partial charge in [-0.15, -0.1) is 11.8 Å². The topological polar surface area (TPSA) is 32.3 Å². The smallest absolute Gasteiger partial charge is 0.249 e. The molecule has 1 saturated heterocycles. The van der Waals surface area contributed by atoms with Gasteiger partial charge in [-0.2, -0.15) is 0 Å². The van der Waals surface area contributed by atoms with Crippen molar-refractivity contribution in [2.45, 2.75) is 11.4 Å².